The average molecular weight is 537 g/mol. The fraction of sp³-hybridized carbons (Fsp3) is 0.235. The predicted octanol–water partition coefficient (Wildman–Crippen LogP) is 6.40. The van der Waals surface area contributed by atoms with Crippen LogP contribution in [0.25, 0.3) is 0 Å². The molecule has 6 heteroatoms. The smallest absolute Gasteiger partial charge is 0.338 e. The molecule has 204 valence electrons. The Balaban J connectivity index is 1.42. The third kappa shape index (κ3) is 7.23. The molecule has 4 aromatic rings. The van der Waals surface area contributed by atoms with Gasteiger partial charge in [0.2, 0.25) is 0 Å². The first-order chi connectivity index (χ1) is 19.7. The Morgan fingerprint density at radius 3 is 1.18 bits per heavy atom. The van der Waals surface area contributed by atoms with Crippen molar-refractivity contribution in [3.63, 3.8) is 0 Å². The lowest BCUT2D eigenvalue weighted by Crippen LogP contribution is -2.54. The van der Waals surface area contributed by atoms with Crippen molar-refractivity contribution in [2.24, 2.45) is 0 Å². The van der Waals surface area contributed by atoms with Gasteiger partial charge in [0.1, 0.15) is 0 Å². The Hall–Kier alpha value is -4.26. The number of esters is 2. The van der Waals surface area contributed by atoms with Crippen LogP contribution < -0.4 is 0 Å². The van der Waals surface area contributed by atoms with E-state index in [-0.39, 0.29) is 0 Å². The third-order valence-corrected chi connectivity index (χ3v) is 6.91. The number of hydrogen-bond acceptors (Lipinski definition) is 6. The SMILES string of the molecule is O=C(OC1C(OCc2ccccc2)CC[C@H](OCc2ccccc2)[C@H]1OC(=O)c1ccccc1)c1ccccc1. The minimum atomic E-state index is -0.876. The number of carbonyl (C=O) groups excluding carboxylic acids is 2. The van der Waals surface area contributed by atoms with Crippen LogP contribution in [0.15, 0.2) is 121 Å². The zero-order chi connectivity index (χ0) is 27.6. The highest BCUT2D eigenvalue weighted by Gasteiger charge is 2.46. The summed E-state index contributed by atoms with van der Waals surface area (Å²) in [5.41, 5.74) is 2.81. The maximum Gasteiger partial charge on any atom is 0.338 e. The molecule has 0 saturated heterocycles. The van der Waals surface area contributed by atoms with Crippen LogP contribution >= 0.6 is 0 Å². The molecule has 6 nitrogen and oxygen atoms in total. The van der Waals surface area contributed by atoms with Crippen LogP contribution in [0, 0.1) is 0 Å². The number of hydrogen-bond donors (Lipinski definition) is 0. The molecule has 0 spiro atoms. The van der Waals surface area contributed by atoms with Gasteiger partial charge in [-0.05, 0) is 48.2 Å². The molecule has 4 aromatic carbocycles. The van der Waals surface area contributed by atoms with E-state index in [0.717, 1.165) is 11.1 Å². The molecule has 4 atom stereocenters. The van der Waals surface area contributed by atoms with E-state index >= 15 is 0 Å². The molecule has 0 aromatic heterocycles. The highest BCUT2D eigenvalue weighted by molar-refractivity contribution is 5.90. The van der Waals surface area contributed by atoms with Gasteiger partial charge >= 0.3 is 11.9 Å². The van der Waals surface area contributed by atoms with Crippen molar-refractivity contribution in [1.29, 1.82) is 0 Å². The second kappa shape index (κ2) is 13.7. The molecular formula is C34H32O6. The van der Waals surface area contributed by atoms with Crippen LogP contribution in [0.5, 0.6) is 0 Å². The molecule has 0 N–H and O–H groups in total. The van der Waals surface area contributed by atoms with Crippen LogP contribution in [0.4, 0.5) is 0 Å². The van der Waals surface area contributed by atoms with Gasteiger partial charge in [0.05, 0.1) is 36.5 Å². The van der Waals surface area contributed by atoms with Crippen LogP contribution in [0.3, 0.4) is 0 Å². The molecule has 1 saturated carbocycles. The summed E-state index contributed by atoms with van der Waals surface area (Å²) < 4.78 is 24.8. The largest absolute Gasteiger partial charge is 0.452 e. The lowest BCUT2D eigenvalue weighted by molar-refractivity contribution is -0.176. The van der Waals surface area contributed by atoms with Crippen LogP contribution in [-0.4, -0.2) is 36.4 Å². The maximum absolute atomic E-state index is 13.3. The van der Waals surface area contributed by atoms with E-state index in [4.69, 9.17) is 18.9 Å². The minimum Gasteiger partial charge on any atom is -0.452 e. The molecule has 1 fully saturated rings. The summed E-state index contributed by atoms with van der Waals surface area (Å²) in [6.07, 6.45) is -1.62. The summed E-state index contributed by atoms with van der Waals surface area (Å²) in [5, 5.41) is 0. The Morgan fingerprint density at radius 2 is 0.825 bits per heavy atom. The number of benzene rings is 4. The van der Waals surface area contributed by atoms with Crippen molar-refractivity contribution in [3.05, 3.63) is 144 Å². The van der Waals surface area contributed by atoms with Crippen LogP contribution in [0.2, 0.25) is 0 Å². The van der Waals surface area contributed by atoms with Crippen molar-refractivity contribution in [3.8, 4) is 0 Å². The summed E-state index contributed by atoms with van der Waals surface area (Å²) in [7, 11) is 0. The summed E-state index contributed by atoms with van der Waals surface area (Å²) in [5.74, 6) is -1.02. The third-order valence-electron chi connectivity index (χ3n) is 6.91. The van der Waals surface area contributed by atoms with E-state index in [1.54, 1.807) is 48.5 Å². The molecule has 0 aliphatic heterocycles. The van der Waals surface area contributed by atoms with E-state index in [9.17, 15) is 9.59 Å². The van der Waals surface area contributed by atoms with Crippen molar-refractivity contribution in [2.75, 3.05) is 0 Å². The predicted molar refractivity (Wildman–Crippen MR) is 151 cm³/mol. The lowest BCUT2D eigenvalue weighted by Gasteiger charge is -2.41. The first kappa shape index (κ1) is 27.3. The zero-order valence-corrected chi connectivity index (χ0v) is 22.1. The number of rotatable bonds is 10. The monoisotopic (exact) mass is 536 g/mol. The minimum absolute atomic E-state index is 0.333. The molecule has 0 amide bonds. The first-order valence-corrected chi connectivity index (χ1v) is 13.5. The van der Waals surface area contributed by atoms with Gasteiger partial charge in [-0.2, -0.15) is 0 Å². The lowest BCUT2D eigenvalue weighted by atomic mass is 9.88. The molecule has 0 radical (unpaired) electrons. The number of ether oxygens (including phenoxy) is 4. The second-order valence-corrected chi connectivity index (χ2v) is 9.72. The first-order valence-electron chi connectivity index (χ1n) is 13.5. The topological polar surface area (TPSA) is 71.1 Å². The van der Waals surface area contributed by atoms with Crippen molar-refractivity contribution in [1.82, 2.24) is 0 Å². The van der Waals surface area contributed by atoms with E-state index in [2.05, 4.69) is 0 Å². The van der Waals surface area contributed by atoms with E-state index < -0.39 is 36.4 Å². The Kier molecular flexibility index (Phi) is 9.35. The zero-order valence-electron chi connectivity index (χ0n) is 22.1. The maximum atomic E-state index is 13.3. The van der Waals surface area contributed by atoms with Gasteiger partial charge < -0.3 is 18.9 Å². The molecule has 1 aliphatic rings. The second-order valence-electron chi connectivity index (χ2n) is 9.72. The summed E-state index contributed by atoms with van der Waals surface area (Å²) in [6.45, 7) is 0.666. The quantitative estimate of drug-likeness (QED) is 0.218. The highest BCUT2D eigenvalue weighted by atomic mass is 16.6. The highest BCUT2D eigenvalue weighted by Crippen LogP contribution is 2.32. The van der Waals surface area contributed by atoms with Gasteiger partial charge in [-0.25, -0.2) is 9.59 Å². The molecule has 5 rings (SSSR count). The molecule has 2 unspecified atom stereocenters. The molecule has 0 heterocycles. The Bertz CT molecular complexity index is 1240. The van der Waals surface area contributed by atoms with Gasteiger partial charge in [-0.1, -0.05) is 97.1 Å². The molecule has 1 aliphatic carbocycles. The molecule has 40 heavy (non-hydrogen) atoms. The fourth-order valence-corrected chi connectivity index (χ4v) is 4.81. The summed E-state index contributed by atoms with van der Waals surface area (Å²) >= 11 is 0. The normalized spacial score (nSPS) is 20.4. The van der Waals surface area contributed by atoms with Crippen LogP contribution in [-0.2, 0) is 32.2 Å². The Labute approximate surface area is 234 Å². The van der Waals surface area contributed by atoms with Crippen molar-refractivity contribution >= 4 is 11.9 Å². The van der Waals surface area contributed by atoms with E-state index in [1.807, 2.05) is 72.8 Å². The van der Waals surface area contributed by atoms with Gasteiger partial charge in [0.15, 0.2) is 12.2 Å². The van der Waals surface area contributed by atoms with Gasteiger partial charge in [0, 0.05) is 0 Å². The Morgan fingerprint density at radius 1 is 0.500 bits per heavy atom. The van der Waals surface area contributed by atoms with Crippen LogP contribution in [0.1, 0.15) is 44.7 Å². The van der Waals surface area contributed by atoms with Gasteiger partial charge in [-0.15, -0.1) is 0 Å². The van der Waals surface area contributed by atoms with Gasteiger partial charge in [-0.3, -0.25) is 0 Å². The fourth-order valence-electron chi connectivity index (χ4n) is 4.81. The van der Waals surface area contributed by atoms with Crippen molar-refractivity contribution in [2.45, 2.75) is 50.5 Å². The number of carbonyl (C=O) groups is 2. The molecular weight excluding hydrogens is 504 g/mol. The van der Waals surface area contributed by atoms with E-state index in [0.29, 0.717) is 37.2 Å². The standard InChI is InChI=1S/C34H32O6/c35-33(27-17-9-3-10-18-27)39-31-29(37-23-25-13-5-1-6-14-25)21-22-30(38-24-26-15-7-2-8-16-26)32(31)40-34(36)28-19-11-4-12-20-28/h1-20,29-32H,21-24H2/t29-,30?,31+,32?/m0/s1. The summed E-state index contributed by atoms with van der Waals surface area (Å²) in [4.78, 5) is 26.5. The van der Waals surface area contributed by atoms with Crippen molar-refractivity contribution < 1.29 is 28.5 Å². The average Bonchev–Trinajstić information content (AvgIpc) is 3.02. The summed E-state index contributed by atoms with van der Waals surface area (Å²) in [6, 6.07) is 37.2. The molecule has 0 bridgehead atoms. The van der Waals surface area contributed by atoms with E-state index in [1.165, 1.54) is 0 Å². The van der Waals surface area contributed by atoms with Gasteiger partial charge in [0.25, 0.3) is 0 Å².